The number of benzene rings is 2. The van der Waals surface area contributed by atoms with Crippen LogP contribution < -0.4 is 10.2 Å². The van der Waals surface area contributed by atoms with Gasteiger partial charge < -0.3 is 24.6 Å². The quantitative estimate of drug-likeness (QED) is 0.546. The number of aromatic hydroxyl groups is 1. The molecule has 8 nitrogen and oxygen atoms in total. The fourth-order valence-electron chi connectivity index (χ4n) is 3.45. The van der Waals surface area contributed by atoms with Crippen molar-refractivity contribution in [3.8, 4) is 17.1 Å². The summed E-state index contributed by atoms with van der Waals surface area (Å²) in [6.45, 7) is 5.84. The zero-order valence-corrected chi connectivity index (χ0v) is 18.1. The van der Waals surface area contributed by atoms with Gasteiger partial charge >= 0.3 is 0 Å². The van der Waals surface area contributed by atoms with Crippen molar-refractivity contribution in [2.75, 3.05) is 42.3 Å². The summed E-state index contributed by atoms with van der Waals surface area (Å²) in [5.41, 5.74) is 2.51. The van der Waals surface area contributed by atoms with Crippen LogP contribution in [0, 0.1) is 0 Å². The molecule has 0 saturated carbocycles. The van der Waals surface area contributed by atoms with E-state index in [-0.39, 0.29) is 17.4 Å². The number of hydrogen-bond donors (Lipinski definition) is 2. The minimum absolute atomic E-state index is 0.112. The van der Waals surface area contributed by atoms with E-state index in [9.17, 15) is 9.90 Å². The molecule has 1 aromatic heterocycles. The highest BCUT2D eigenvalue weighted by Crippen LogP contribution is 2.30. The Morgan fingerprint density at radius 2 is 1.87 bits per heavy atom. The number of thioether (sulfide) groups is 1. The first-order valence-corrected chi connectivity index (χ1v) is 11.2. The number of amides is 1. The lowest BCUT2D eigenvalue weighted by molar-refractivity contribution is -0.113. The minimum Gasteiger partial charge on any atom is -0.507 e. The van der Waals surface area contributed by atoms with Crippen LogP contribution in [0.3, 0.4) is 0 Å². The van der Waals surface area contributed by atoms with Gasteiger partial charge in [0.1, 0.15) is 5.75 Å². The largest absolute Gasteiger partial charge is 0.507 e. The standard InChI is InChI=1S/C22H25N5O3S/c1-2-27-21(18-5-3-4-6-19(18)28)24-25-22(27)31-15-20(29)23-16-7-9-17(10-8-16)26-11-13-30-14-12-26/h3-10,28H,2,11-15H2,1H3,(H,23,29). The molecule has 1 saturated heterocycles. The third kappa shape index (κ3) is 5.00. The average molecular weight is 440 g/mol. The van der Waals surface area contributed by atoms with Gasteiger partial charge in [0.2, 0.25) is 5.91 Å². The Morgan fingerprint density at radius 1 is 1.13 bits per heavy atom. The summed E-state index contributed by atoms with van der Waals surface area (Å²) in [6.07, 6.45) is 0. The summed E-state index contributed by atoms with van der Waals surface area (Å²) in [6, 6.07) is 14.9. The number of anilines is 2. The van der Waals surface area contributed by atoms with Crippen LogP contribution in [0.2, 0.25) is 0 Å². The first-order chi connectivity index (χ1) is 15.2. The van der Waals surface area contributed by atoms with Crippen molar-refractivity contribution in [2.45, 2.75) is 18.6 Å². The minimum atomic E-state index is -0.112. The highest BCUT2D eigenvalue weighted by Gasteiger charge is 2.17. The molecule has 2 aromatic carbocycles. The molecular formula is C22H25N5O3S. The Morgan fingerprint density at radius 3 is 2.58 bits per heavy atom. The SMILES string of the molecule is CCn1c(SCC(=O)Nc2ccc(N3CCOCC3)cc2)nnc1-c1ccccc1O. The van der Waals surface area contributed by atoms with Crippen molar-refractivity contribution in [2.24, 2.45) is 0 Å². The molecule has 1 aliphatic heterocycles. The van der Waals surface area contributed by atoms with Crippen molar-refractivity contribution in [1.82, 2.24) is 14.8 Å². The molecule has 162 valence electrons. The molecular weight excluding hydrogens is 414 g/mol. The normalized spacial score (nSPS) is 13.9. The number of phenols is 1. The number of ether oxygens (including phenoxy) is 1. The average Bonchev–Trinajstić information content (AvgIpc) is 3.22. The lowest BCUT2D eigenvalue weighted by Crippen LogP contribution is -2.36. The maximum atomic E-state index is 12.4. The molecule has 31 heavy (non-hydrogen) atoms. The van der Waals surface area contributed by atoms with E-state index < -0.39 is 0 Å². The van der Waals surface area contributed by atoms with Crippen molar-refractivity contribution in [1.29, 1.82) is 0 Å². The molecule has 1 aliphatic rings. The van der Waals surface area contributed by atoms with E-state index in [1.54, 1.807) is 18.2 Å². The Balaban J connectivity index is 1.36. The molecule has 0 spiro atoms. The fraction of sp³-hybridized carbons (Fsp3) is 0.318. The van der Waals surface area contributed by atoms with Gasteiger partial charge in [0, 0.05) is 31.0 Å². The van der Waals surface area contributed by atoms with Gasteiger partial charge in [-0.05, 0) is 43.3 Å². The number of hydrogen-bond acceptors (Lipinski definition) is 7. The van der Waals surface area contributed by atoms with Gasteiger partial charge in [-0.1, -0.05) is 23.9 Å². The number of nitrogens with one attached hydrogen (secondary N) is 1. The van der Waals surface area contributed by atoms with Gasteiger partial charge in [0.25, 0.3) is 0 Å². The number of phenolic OH excluding ortho intramolecular Hbond substituents is 1. The first-order valence-electron chi connectivity index (χ1n) is 10.2. The zero-order chi connectivity index (χ0) is 21.6. The van der Waals surface area contributed by atoms with Crippen LogP contribution in [0.15, 0.2) is 53.7 Å². The van der Waals surface area contributed by atoms with E-state index in [1.165, 1.54) is 11.8 Å². The zero-order valence-electron chi connectivity index (χ0n) is 17.3. The second kappa shape index (κ2) is 9.84. The Hall–Kier alpha value is -3.04. The molecule has 4 rings (SSSR count). The summed E-state index contributed by atoms with van der Waals surface area (Å²) in [7, 11) is 0. The topological polar surface area (TPSA) is 92.5 Å². The lowest BCUT2D eigenvalue weighted by atomic mass is 10.2. The molecule has 0 unspecified atom stereocenters. The van der Waals surface area contributed by atoms with Crippen LogP contribution in [-0.4, -0.2) is 57.8 Å². The Labute approximate surface area is 185 Å². The van der Waals surface area contributed by atoms with E-state index >= 15 is 0 Å². The van der Waals surface area contributed by atoms with Gasteiger partial charge in [-0.2, -0.15) is 0 Å². The molecule has 2 N–H and O–H groups in total. The number of rotatable bonds is 7. The summed E-state index contributed by atoms with van der Waals surface area (Å²) in [5, 5.41) is 22.1. The number of aromatic nitrogens is 3. The molecule has 1 amide bonds. The lowest BCUT2D eigenvalue weighted by Gasteiger charge is -2.28. The fourth-order valence-corrected chi connectivity index (χ4v) is 4.25. The Bertz CT molecular complexity index is 1030. The van der Waals surface area contributed by atoms with Crippen molar-refractivity contribution >= 4 is 29.0 Å². The van der Waals surface area contributed by atoms with Gasteiger partial charge in [-0.3, -0.25) is 4.79 Å². The number of carbonyl (C=O) groups is 1. The molecule has 3 aromatic rings. The summed E-state index contributed by atoms with van der Waals surface area (Å²) in [4.78, 5) is 14.7. The van der Waals surface area contributed by atoms with E-state index in [1.807, 2.05) is 41.8 Å². The molecule has 0 radical (unpaired) electrons. The second-order valence-electron chi connectivity index (χ2n) is 7.05. The van der Waals surface area contributed by atoms with Gasteiger partial charge in [0.05, 0.1) is 24.5 Å². The number of para-hydroxylation sites is 1. The van der Waals surface area contributed by atoms with E-state index in [0.717, 1.165) is 37.7 Å². The molecule has 2 heterocycles. The maximum absolute atomic E-state index is 12.4. The van der Waals surface area contributed by atoms with Crippen LogP contribution in [0.25, 0.3) is 11.4 Å². The second-order valence-corrected chi connectivity index (χ2v) is 7.99. The summed E-state index contributed by atoms with van der Waals surface area (Å²) < 4.78 is 7.28. The monoisotopic (exact) mass is 439 g/mol. The highest BCUT2D eigenvalue weighted by molar-refractivity contribution is 7.99. The first kappa shape index (κ1) is 21.2. The van der Waals surface area contributed by atoms with E-state index in [2.05, 4.69) is 20.4 Å². The van der Waals surface area contributed by atoms with E-state index in [4.69, 9.17) is 4.74 Å². The van der Waals surface area contributed by atoms with Crippen LogP contribution in [-0.2, 0) is 16.1 Å². The van der Waals surface area contributed by atoms with Crippen LogP contribution in [0.1, 0.15) is 6.92 Å². The molecule has 9 heteroatoms. The number of morpholine rings is 1. The van der Waals surface area contributed by atoms with Crippen molar-refractivity contribution in [3.05, 3.63) is 48.5 Å². The third-order valence-corrected chi connectivity index (χ3v) is 6.00. The Kier molecular flexibility index (Phi) is 6.73. The summed E-state index contributed by atoms with van der Waals surface area (Å²) >= 11 is 1.32. The van der Waals surface area contributed by atoms with Crippen LogP contribution >= 0.6 is 11.8 Å². The maximum Gasteiger partial charge on any atom is 0.234 e. The smallest absolute Gasteiger partial charge is 0.234 e. The molecule has 0 bridgehead atoms. The van der Waals surface area contributed by atoms with Gasteiger partial charge in [-0.15, -0.1) is 10.2 Å². The number of carbonyl (C=O) groups excluding carboxylic acids is 1. The van der Waals surface area contributed by atoms with Crippen LogP contribution in [0.5, 0.6) is 5.75 Å². The van der Waals surface area contributed by atoms with Crippen molar-refractivity contribution < 1.29 is 14.6 Å². The third-order valence-electron chi connectivity index (χ3n) is 5.04. The predicted molar refractivity (Wildman–Crippen MR) is 122 cm³/mol. The van der Waals surface area contributed by atoms with Crippen LogP contribution in [0.4, 0.5) is 11.4 Å². The highest BCUT2D eigenvalue weighted by atomic mass is 32.2. The van der Waals surface area contributed by atoms with Gasteiger partial charge in [-0.25, -0.2) is 0 Å². The molecule has 0 atom stereocenters. The number of nitrogens with zero attached hydrogens (tertiary/aromatic N) is 4. The van der Waals surface area contributed by atoms with Gasteiger partial charge in [0.15, 0.2) is 11.0 Å². The van der Waals surface area contributed by atoms with Crippen molar-refractivity contribution in [3.63, 3.8) is 0 Å². The molecule has 0 aliphatic carbocycles. The molecule has 1 fully saturated rings. The summed E-state index contributed by atoms with van der Waals surface area (Å²) in [5.74, 6) is 0.838. The van der Waals surface area contributed by atoms with E-state index in [0.29, 0.717) is 23.1 Å². The predicted octanol–water partition coefficient (Wildman–Crippen LogP) is 3.24.